The molecular formula is C19H19N3O2S. The molecule has 1 unspecified atom stereocenters. The van der Waals surface area contributed by atoms with Gasteiger partial charge in [0.25, 0.3) is 5.89 Å². The zero-order valence-electron chi connectivity index (χ0n) is 14.0. The zero-order valence-corrected chi connectivity index (χ0v) is 14.8. The van der Waals surface area contributed by atoms with Gasteiger partial charge in [-0.1, -0.05) is 41.1 Å². The topological polar surface area (TPSA) is 59.2 Å². The first-order valence-corrected chi connectivity index (χ1v) is 9.28. The van der Waals surface area contributed by atoms with Crippen LogP contribution in [0.15, 0.2) is 46.3 Å². The molecule has 0 bridgehead atoms. The van der Waals surface area contributed by atoms with Crippen LogP contribution in [-0.4, -0.2) is 34.0 Å². The standard InChI is InChI=1S/C19H19N3O2S/c1-13-4-6-14(7-5-13)8-9-22-12-15(11-17(22)23)18-20-19(24-21-18)16-3-2-10-25-16/h2-7,10,15H,8-9,11-12H2,1H3. The summed E-state index contributed by atoms with van der Waals surface area (Å²) >= 11 is 1.57. The minimum absolute atomic E-state index is 0.0166. The average Bonchev–Trinajstić information content (AvgIpc) is 3.35. The van der Waals surface area contributed by atoms with Crippen LogP contribution in [0.3, 0.4) is 0 Å². The van der Waals surface area contributed by atoms with E-state index in [-0.39, 0.29) is 11.8 Å². The number of aromatic nitrogens is 2. The van der Waals surface area contributed by atoms with Gasteiger partial charge in [-0.25, -0.2) is 0 Å². The van der Waals surface area contributed by atoms with Crippen LogP contribution in [0.25, 0.3) is 10.8 Å². The van der Waals surface area contributed by atoms with E-state index in [0.29, 0.717) is 24.7 Å². The second kappa shape index (κ2) is 6.80. The molecular weight excluding hydrogens is 334 g/mol. The number of hydrogen-bond acceptors (Lipinski definition) is 5. The van der Waals surface area contributed by atoms with E-state index in [1.807, 2.05) is 22.4 Å². The Balaban J connectivity index is 1.39. The number of hydrogen-bond donors (Lipinski definition) is 0. The molecule has 1 atom stereocenters. The number of amides is 1. The van der Waals surface area contributed by atoms with Crippen molar-refractivity contribution in [2.45, 2.75) is 25.7 Å². The Bertz CT molecular complexity index is 855. The highest BCUT2D eigenvalue weighted by molar-refractivity contribution is 7.13. The normalized spacial score (nSPS) is 17.4. The average molecular weight is 353 g/mol. The van der Waals surface area contributed by atoms with Crippen molar-refractivity contribution in [2.75, 3.05) is 13.1 Å². The van der Waals surface area contributed by atoms with Crippen molar-refractivity contribution in [3.8, 4) is 10.8 Å². The molecule has 0 spiro atoms. The summed E-state index contributed by atoms with van der Waals surface area (Å²) in [6, 6.07) is 12.4. The Hall–Kier alpha value is -2.47. The van der Waals surface area contributed by atoms with E-state index in [1.54, 1.807) is 11.3 Å². The SMILES string of the molecule is Cc1ccc(CCN2CC(c3noc(-c4cccs4)n3)CC2=O)cc1. The van der Waals surface area contributed by atoms with Gasteiger partial charge in [-0.05, 0) is 30.4 Å². The maximum atomic E-state index is 12.3. The Morgan fingerprint density at radius 2 is 2.12 bits per heavy atom. The zero-order chi connectivity index (χ0) is 17.2. The lowest BCUT2D eigenvalue weighted by molar-refractivity contribution is -0.127. The number of thiophene rings is 1. The molecule has 128 valence electrons. The summed E-state index contributed by atoms with van der Waals surface area (Å²) in [4.78, 5) is 19.7. The molecule has 1 saturated heterocycles. The van der Waals surface area contributed by atoms with Gasteiger partial charge in [0.1, 0.15) is 0 Å². The Morgan fingerprint density at radius 3 is 2.88 bits per heavy atom. The monoisotopic (exact) mass is 353 g/mol. The highest BCUT2D eigenvalue weighted by Gasteiger charge is 2.33. The van der Waals surface area contributed by atoms with Crippen LogP contribution in [0.2, 0.25) is 0 Å². The Kier molecular flexibility index (Phi) is 4.36. The smallest absolute Gasteiger partial charge is 0.267 e. The number of nitrogens with zero attached hydrogens (tertiary/aromatic N) is 3. The maximum absolute atomic E-state index is 12.3. The summed E-state index contributed by atoms with van der Waals surface area (Å²) in [5.74, 6) is 1.35. The summed E-state index contributed by atoms with van der Waals surface area (Å²) in [5.41, 5.74) is 2.50. The lowest BCUT2D eigenvalue weighted by Gasteiger charge is -2.16. The van der Waals surface area contributed by atoms with E-state index >= 15 is 0 Å². The van der Waals surface area contributed by atoms with Gasteiger partial charge in [-0.3, -0.25) is 4.79 Å². The van der Waals surface area contributed by atoms with Gasteiger partial charge in [0.05, 0.1) is 4.88 Å². The molecule has 1 aliphatic heterocycles. The van der Waals surface area contributed by atoms with Crippen LogP contribution in [0, 0.1) is 6.92 Å². The first-order valence-electron chi connectivity index (χ1n) is 8.40. The minimum Gasteiger partial charge on any atom is -0.342 e. The third-order valence-corrected chi connectivity index (χ3v) is 5.40. The van der Waals surface area contributed by atoms with Crippen molar-refractivity contribution in [3.05, 3.63) is 58.7 Å². The third-order valence-electron chi connectivity index (χ3n) is 4.54. The van der Waals surface area contributed by atoms with Crippen LogP contribution < -0.4 is 0 Å². The third kappa shape index (κ3) is 3.49. The van der Waals surface area contributed by atoms with Crippen LogP contribution >= 0.6 is 11.3 Å². The molecule has 0 saturated carbocycles. The van der Waals surface area contributed by atoms with Crippen LogP contribution in [0.1, 0.15) is 29.3 Å². The number of carbonyl (C=O) groups is 1. The van der Waals surface area contributed by atoms with Crippen molar-refractivity contribution < 1.29 is 9.32 Å². The fourth-order valence-corrected chi connectivity index (χ4v) is 3.73. The molecule has 4 rings (SSSR count). The molecule has 1 aliphatic rings. The fraction of sp³-hybridized carbons (Fsp3) is 0.316. The van der Waals surface area contributed by atoms with E-state index in [2.05, 4.69) is 41.3 Å². The van der Waals surface area contributed by atoms with Crippen molar-refractivity contribution >= 4 is 17.2 Å². The summed E-state index contributed by atoms with van der Waals surface area (Å²) in [5, 5.41) is 6.07. The van der Waals surface area contributed by atoms with Gasteiger partial charge in [-0.15, -0.1) is 11.3 Å². The van der Waals surface area contributed by atoms with E-state index in [4.69, 9.17) is 4.52 Å². The molecule has 6 heteroatoms. The van der Waals surface area contributed by atoms with Crippen LogP contribution in [0.4, 0.5) is 0 Å². The van der Waals surface area contributed by atoms with Crippen molar-refractivity contribution in [1.29, 1.82) is 0 Å². The Labute approximate surface area is 150 Å². The first-order chi connectivity index (χ1) is 12.2. The van der Waals surface area contributed by atoms with Gasteiger partial charge in [0, 0.05) is 25.4 Å². The lowest BCUT2D eigenvalue weighted by Crippen LogP contribution is -2.27. The highest BCUT2D eigenvalue weighted by Crippen LogP contribution is 2.29. The minimum atomic E-state index is 0.0166. The fourth-order valence-electron chi connectivity index (χ4n) is 3.08. The summed E-state index contributed by atoms with van der Waals surface area (Å²) in [7, 11) is 0. The number of carbonyl (C=O) groups excluding carboxylic acids is 1. The second-order valence-corrected chi connectivity index (χ2v) is 7.36. The molecule has 1 aromatic carbocycles. The Morgan fingerprint density at radius 1 is 1.28 bits per heavy atom. The molecule has 3 aromatic rings. The number of benzene rings is 1. The molecule has 0 aliphatic carbocycles. The first kappa shape index (κ1) is 16.0. The predicted molar refractivity (Wildman–Crippen MR) is 96.4 cm³/mol. The molecule has 25 heavy (non-hydrogen) atoms. The van der Waals surface area contributed by atoms with E-state index in [0.717, 1.165) is 17.8 Å². The predicted octanol–water partition coefficient (Wildman–Crippen LogP) is 3.67. The number of rotatable bonds is 5. The van der Waals surface area contributed by atoms with Crippen molar-refractivity contribution in [2.24, 2.45) is 0 Å². The molecule has 5 nitrogen and oxygen atoms in total. The van der Waals surface area contributed by atoms with Crippen LogP contribution in [-0.2, 0) is 11.2 Å². The van der Waals surface area contributed by atoms with Crippen LogP contribution in [0.5, 0.6) is 0 Å². The molecule has 1 fully saturated rings. The summed E-state index contributed by atoms with van der Waals surface area (Å²) < 4.78 is 5.35. The maximum Gasteiger partial charge on any atom is 0.267 e. The van der Waals surface area contributed by atoms with E-state index in [9.17, 15) is 4.79 Å². The summed E-state index contributed by atoms with van der Waals surface area (Å²) in [6.45, 7) is 3.47. The number of likely N-dealkylation sites (tertiary alicyclic amines) is 1. The molecule has 1 amide bonds. The van der Waals surface area contributed by atoms with E-state index in [1.165, 1.54) is 11.1 Å². The second-order valence-electron chi connectivity index (χ2n) is 6.41. The molecule has 2 aromatic heterocycles. The summed E-state index contributed by atoms with van der Waals surface area (Å²) in [6.07, 6.45) is 1.32. The van der Waals surface area contributed by atoms with Crippen molar-refractivity contribution in [1.82, 2.24) is 15.0 Å². The molecule has 0 radical (unpaired) electrons. The van der Waals surface area contributed by atoms with Gasteiger partial charge < -0.3 is 9.42 Å². The van der Waals surface area contributed by atoms with Gasteiger partial charge in [-0.2, -0.15) is 4.98 Å². The van der Waals surface area contributed by atoms with E-state index < -0.39 is 0 Å². The molecule has 3 heterocycles. The molecule has 0 N–H and O–H groups in total. The van der Waals surface area contributed by atoms with Gasteiger partial charge >= 0.3 is 0 Å². The van der Waals surface area contributed by atoms with Gasteiger partial charge in [0.15, 0.2) is 5.82 Å². The number of aryl methyl sites for hydroxylation is 1. The highest BCUT2D eigenvalue weighted by atomic mass is 32.1. The van der Waals surface area contributed by atoms with Crippen molar-refractivity contribution in [3.63, 3.8) is 0 Å². The quantitative estimate of drug-likeness (QED) is 0.702. The van der Waals surface area contributed by atoms with Gasteiger partial charge in [0.2, 0.25) is 5.91 Å². The largest absolute Gasteiger partial charge is 0.342 e. The lowest BCUT2D eigenvalue weighted by atomic mass is 10.1.